The predicted octanol–water partition coefficient (Wildman–Crippen LogP) is 2.86. The SMILES string of the molecule is Cc1nc(CN[C@H]2CCCO[C@@H]2c2ccncc2)cs1. The summed E-state index contributed by atoms with van der Waals surface area (Å²) in [6, 6.07) is 4.42. The topological polar surface area (TPSA) is 47.0 Å². The summed E-state index contributed by atoms with van der Waals surface area (Å²) < 4.78 is 5.96. The molecule has 1 N–H and O–H groups in total. The predicted molar refractivity (Wildman–Crippen MR) is 79.6 cm³/mol. The van der Waals surface area contributed by atoms with Crippen molar-refractivity contribution in [2.75, 3.05) is 6.61 Å². The second-order valence-electron chi connectivity index (χ2n) is 5.06. The number of aromatic nitrogens is 2. The Morgan fingerprint density at radius 3 is 3.00 bits per heavy atom. The van der Waals surface area contributed by atoms with Crippen LogP contribution in [0.3, 0.4) is 0 Å². The van der Waals surface area contributed by atoms with E-state index in [1.54, 1.807) is 11.3 Å². The number of thiazole rings is 1. The highest BCUT2D eigenvalue weighted by atomic mass is 32.1. The molecule has 1 aliphatic rings. The molecule has 2 atom stereocenters. The summed E-state index contributed by atoms with van der Waals surface area (Å²) in [6.45, 7) is 3.68. The van der Waals surface area contributed by atoms with E-state index in [0.717, 1.165) is 36.7 Å². The zero-order chi connectivity index (χ0) is 13.8. The molecule has 20 heavy (non-hydrogen) atoms. The Bertz CT molecular complexity index is 543. The van der Waals surface area contributed by atoms with Crippen LogP contribution in [0.25, 0.3) is 0 Å². The second-order valence-corrected chi connectivity index (χ2v) is 6.12. The third-order valence-electron chi connectivity index (χ3n) is 3.57. The molecule has 3 rings (SSSR count). The first-order valence-corrected chi connectivity index (χ1v) is 7.87. The summed E-state index contributed by atoms with van der Waals surface area (Å²) in [5, 5.41) is 6.84. The summed E-state index contributed by atoms with van der Waals surface area (Å²) in [6.07, 6.45) is 6.01. The summed E-state index contributed by atoms with van der Waals surface area (Å²) in [7, 11) is 0. The van der Waals surface area contributed by atoms with Crippen LogP contribution in [-0.4, -0.2) is 22.6 Å². The van der Waals surface area contributed by atoms with Crippen LogP contribution in [0.15, 0.2) is 29.9 Å². The summed E-state index contributed by atoms with van der Waals surface area (Å²) in [4.78, 5) is 8.58. The maximum absolute atomic E-state index is 5.96. The molecule has 2 aromatic rings. The highest BCUT2D eigenvalue weighted by Crippen LogP contribution is 2.28. The van der Waals surface area contributed by atoms with Crippen molar-refractivity contribution in [3.8, 4) is 0 Å². The summed E-state index contributed by atoms with van der Waals surface area (Å²) in [5.41, 5.74) is 2.32. The average Bonchev–Trinajstić information content (AvgIpc) is 2.92. The number of pyridine rings is 1. The molecule has 1 saturated heterocycles. The monoisotopic (exact) mass is 289 g/mol. The standard InChI is InChI=1S/C15H19N3OS/c1-11-18-13(10-20-11)9-17-14-3-2-8-19-15(14)12-4-6-16-7-5-12/h4-7,10,14-15,17H,2-3,8-9H2,1H3/t14-,15+/m0/s1. The maximum atomic E-state index is 5.96. The lowest BCUT2D eigenvalue weighted by atomic mass is 9.96. The molecule has 5 heteroatoms. The van der Waals surface area contributed by atoms with Crippen molar-refractivity contribution in [1.82, 2.24) is 15.3 Å². The van der Waals surface area contributed by atoms with Crippen molar-refractivity contribution < 1.29 is 4.74 Å². The number of ether oxygens (including phenoxy) is 1. The molecule has 0 radical (unpaired) electrons. The van der Waals surface area contributed by atoms with Crippen LogP contribution < -0.4 is 5.32 Å². The lowest BCUT2D eigenvalue weighted by Gasteiger charge is -2.32. The quantitative estimate of drug-likeness (QED) is 0.940. The number of hydrogen-bond donors (Lipinski definition) is 1. The van der Waals surface area contributed by atoms with E-state index in [9.17, 15) is 0 Å². The fourth-order valence-electron chi connectivity index (χ4n) is 2.60. The Hall–Kier alpha value is -1.30. The highest BCUT2D eigenvalue weighted by Gasteiger charge is 2.27. The molecule has 0 unspecified atom stereocenters. The van der Waals surface area contributed by atoms with Gasteiger partial charge in [-0.15, -0.1) is 11.3 Å². The minimum absolute atomic E-state index is 0.117. The Balaban J connectivity index is 1.66. The van der Waals surface area contributed by atoms with Crippen LogP contribution in [0.5, 0.6) is 0 Å². The van der Waals surface area contributed by atoms with E-state index in [1.165, 1.54) is 5.56 Å². The zero-order valence-corrected chi connectivity index (χ0v) is 12.4. The molecule has 0 spiro atoms. The van der Waals surface area contributed by atoms with Crippen LogP contribution in [0, 0.1) is 6.92 Å². The van der Waals surface area contributed by atoms with Crippen molar-refractivity contribution in [2.24, 2.45) is 0 Å². The van der Waals surface area contributed by atoms with Gasteiger partial charge >= 0.3 is 0 Å². The molecule has 1 aliphatic heterocycles. The van der Waals surface area contributed by atoms with Crippen molar-refractivity contribution >= 4 is 11.3 Å². The number of hydrogen-bond acceptors (Lipinski definition) is 5. The fraction of sp³-hybridized carbons (Fsp3) is 0.467. The van der Waals surface area contributed by atoms with E-state index in [0.29, 0.717) is 6.04 Å². The molecule has 4 nitrogen and oxygen atoms in total. The smallest absolute Gasteiger partial charge is 0.0978 e. The Morgan fingerprint density at radius 2 is 2.25 bits per heavy atom. The van der Waals surface area contributed by atoms with Gasteiger partial charge in [-0.3, -0.25) is 4.98 Å². The highest BCUT2D eigenvalue weighted by molar-refractivity contribution is 7.09. The van der Waals surface area contributed by atoms with Crippen LogP contribution in [0.1, 0.15) is 35.2 Å². The Labute approximate surface area is 123 Å². The number of nitrogens with one attached hydrogen (secondary N) is 1. The first-order chi connectivity index (χ1) is 9.83. The van der Waals surface area contributed by atoms with Gasteiger partial charge in [0, 0.05) is 37.0 Å². The first kappa shape index (κ1) is 13.7. The molecule has 0 bridgehead atoms. The molecule has 3 heterocycles. The molecule has 0 aliphatic carbocycles. The van der Waals surface area contributed by atoms with Crippen molar-refractivity contribution in [2.45, 2.75) is 38.5 Å². The van der Waals surface area contributed by atoms with Gasteiger partial charge in [-0.25, -0.2) is 4.98 Å². The summed E-state index contributed by atoms with van der Waals surface area (Å²) in [5.74, 6) is 0. The Morgan fingerprint density at radius 1 is 1.40 bits per heavy atom. The van der Waals surface area contributed by atoms with E-state index >= 15 is 0 Å². The Kier molecular flexibility index (Phi) is 4.40. The molecule has 0 saturated carbocycles. The van der Waals surface area contributed by atoms with E-state index in [1.807, 2.05) is 31.5 Å². The van der Waals surface area contributed by atoms with E-state index in [-0.39, 0.29) is 6.10 Å². The largest absolute Gasteiger partial charge is 0.372 e. The van der Waals surface area contributed by atoms with Crippen molar-refractivity contribution in [1.29, 1.82) is 0 Å². The number of nitrogens with zero attached hydrogens (tertiary/aromatic N) is 2. The lowest BCUT2D eigenvalue weighted by molar-refractivity contribution is -0.0113. The van der Waals surface area contributed by atoms with Crippen molar-refractivity contribution in [3.05, 3.63) is 46.2 Å². The minimum Gasteiger partial charge on any atom is -0.372 e. The minimum atomic E-state index is 0.117. The van der Waals surface area contributed by atoms with Crippen LogP contribution in [0.2, 0.25) is 0 Å². The van der Waals surface area contributed by atoms with Gasteiger partial charge in [0.25, 0.3) is 0 Å². The van der Waals surface area contributed by atoms with Crippen LogP contribution in [-0.2, 0) is 11.3 Å². The molecule has 2 aromatic heterocycles. The van der Waals surface area contributed by atoms with Gasteiger partial charge in [-0.2, -0.15) is 0 Å². The number of aryl methyl sites for hydroxylation is 1. The van der Waals surface area contributed by atoms with Crippen LogP contribution in [0.4, 0.5) is 0 Å². The van der Waals surface area contributed by atoms with Gasteiger partial charge in [-0.05, 0) is 37.5 Å². The normalized spacial score (nSPS) is 22.9. The van der Waals surface area contributed by atoms with Gasteiger partial charge in [0.1, 0.15) is 0 Å². The van der Waals surface area contributed by atoms with E-state index in [4.69, 9.17) is 4.74 Å². The first-order valence-electron chi connectivity index (χ1n) is 6.99. The number of rotatable bonds is 4. The van der Waals surface area contributed by atoms with Gasteiger partial charge in [-0.1, -0.05) is 0 Å². The van der Waals surface area contributed by atoms with Crippen LogP contribution >= 0.6 is 11.3 Å². The zero-order valence-electron chi connectivity index (χ0n) is 11.6. The fourth-order valence-corrected chi connectivity index (χ4v) is 3.21. The van der Waals surface area contributed by atoms with Crippen molar-refractivity contribution in [3.63, 3.8) is 0 Å². The van der Waals surface area contributed by atoms with Gasteiger partial charge < -0.3 is 10.1 Å². The molecule has 0 amide bonds. The van der Waals surface area contributed by atoms with E-state index < -0.39 is 0 Å². The lowest BCUT2D eigenvalue weighted by Crippen LogP contribution is -2.39. The molecular weight excluding hydrogens is 270 g/mol. The van der Waals surface area contributed by atoms with Gasteiger partial charge in [0.05, 0.1) is 16.8 Å². The molecular formula is C15H19N3OS. The maximum Gasteiger partial charge on any atom is 0.0978 e. The van der Waals surface area contributed by atoms with Gasteiger partial charge in [0.15, 0.2) is 0 Å². The molecule has 0 aromatic carbocycles. The second kappa shape index (κ2) is 6.43. The third kappa shape index (κ3) is 3.23. The molecule has 1 fully saturated rings. The molecule has 106 valence electrons. The van der Waals surface area contributed by atoms with Gasteiger partial charge in [0.2, 0.25) is 0 Å². The summed E-state index contributed by atoms with van der Waals surface area (Å²) >= 11 is 1.70. The average molecular weight is 289 g/mol. The van der Waals surface area contributed by atoms with E-state index in [2.05, 4.69) is 20.7 Å². The third-order valence-corrected chi connectivity index (χ3v) is 4.39.